The average molecular weight is 464 g/mol. The average Bonchev–Trinajstić information content (AvgIpc) is 3.04. The van der Waals surface area contributed by atoms with Crippen LogP contribution in [0.25, 0.3) is 0 Å². The molecule has 0 radical (unpaired) electrons. The summed E-state index contributed by atoms with van der Waals surface area (Å²) in [5, 5.41) is 15.5. The quantitative estimate of drug-likeness (QED) is 0.508. The summed E-state index contributed by atoms with van der Waals surface area (Å²) in [7, 11) is 1.76. The zero-order valence-corrected chi connectivity index (χ0v) is 18.6. The second-order valence-electron chi connectivity index (χ2n) is 6.49. The summed E-state index contributed by atoms with van der Waals surface area (Å²) in [5.74, 6) is 0.263. The van der Waals surface area contributed by atoms with Crippen LogP contribution >= 0.6 is 35.0 Å². The highest BCUT2D eigenvalue weighted by molar-refractivity contribution is 7.99. The molecule has 0 atom stereocenters. The fourth-order valence-corrected chi connectivity index (χ4v) is 3.67. The maximum atomic E-state index is 12.3. The molecule has 0 spiro atoms. The number of carbonyl (C=O) groups is 2. The van der Waals surface area contributed by atoms with Gasteiger partial charge in [-0.15, -0.1) is 10.2 Å². The first-order valence-electron chi connectivity index (χ1n) is 8.94. The largest absolute Gasteiger partial charge is 0.326 e. The van der Waals surface area contributed by atoms with Crippen LogP contribution in [0.15, 0.2) is 47.6 Å². The van der Waals surface area contributed by atoms with Gasteiger partial charge in [0.15, 0.2) is 5.16 Å². The summed E-state index contributed by atoms with van der Waals surface area (Å²) in [6.07, 6.45) is 0.0584. The Labute approximate surface area is 188 Å². The summed E-state index contributed by atoms with van der Waals surface area (Å²) < 4.78 is 1.70. The number of rotatable bonds is 7. The van der Waals surface area contributed by atoms with Crippen molar-refractivity contribution in [3.63, 3.8) is 0 Å². The van der Waals surface area contributed by atoms with Gasteiger partial charge in [-0.05, 0) is 55.0 Å². The third-order valence-electron chi connectivity index (χ3n) is 4.17. The Bertz CT molecular complexity index is 1070. The molecular weight excluding hydrogens is 445 g/mol. The monoisotopic (exact) mass is 463 g/mol. The Hall–Kier alpha value is -2.55. The highest BCUT2D eigenvalue weighted by Gasteiger charge is 2.15. The van der Waals surface area contributed by atoms with Gasteiger partial charge >= 0.3 is 0 Å². The number of hydrogen-bond donors (Lipinski definition) is 2. The van der Waals surface area contributed by atoms with E-state index >= 15 is 0 Å². The lowest BCUT2D eigenvalue weighted by Crippen LogP contribution is -2.17. The van der Waals surface area contributed by atoms with Crippen molar-refractivity contribution in [3.8, 4) is 0 Å². The van der Waals surface area contributed by atoms with Gasteiger partial charge < -0.3 is 15.2 Å². The first kappa shape index (κ1) is 22.1. The second-order valence-corrected chi connectivity index (χ2v) is 8.30. The number of benzene rings is 2. The summed E-state index contributed by atoms with van der Waals surface area (Å²) in [5.41, 5.74) is 2.24. The number of thioether (sulfide) groups is 1. The van der Waals surface area contributed by atoms with Crippen molar-refractivity contribution in [2.45, 2.75) is 18.5 Å². The number of carbonyl (C=O) groups excluding carboxylic acids is 2. The maximum Gasteiger partial charge on any atom is 0.234 e. The maximum absolute atomic E-state index is 12.3. The van der Waals surface area contributed by atoms with Crippen LogP contribution in [0.1, 0.15) is 11.4 Å². The van der Waals surface area contributed by atoms with Gasteiger partial charge in [0, 0.05) is 28.5 Å². The molecule has 0 unspecified atom stereocenters. The Morgan fingerprint density at radius 2 is 1.70 bits per heavy atom. The zero-order chi connectivity index (χ0) is 21.7. The van der Waals surface area contributed by atoms with Crippen LogP contribution in [-0.2, 0) is 23.1 Å². The Balaban J connectivity index is 1.53. The molecule has 1 aromatic heterocycles. The number of hydrogen-bond acceptors (Lipinski definition) is 5. The van der Waals surface area contributed by atoms with Crippen molar-refractivity contribution in [3.05, 3.63) is 63.9 Å². The molecule has 2 amide bonds. The molecule has 3 rings (SSSR count). The van der Waals surface area contributed by atoms with E-state index in [1.807, 2.05) is 6.92 Å². The molecule has 3 aromatic rings. The van der Waals surface area contributed by atoms with Crippen LogP contribution < -0.4 is 10.6 Å². The molecule has 0 aliphatic rings. The van der Waals surface area contributed by atoms with Gasteiger partial charge in [0.2, 0.25) is 11.8 Å². The van der Waals surface area contributed by atoms with E-state index in [1.165, 1.54) is 11.8 Å². The van der Waals surface area contributed by atoms with Gasteiger partial charge in [-0.25, -0.2) is 0 Å². The molecule has 10 heteroatoms. The topological polar surface area (TPSA) is 88.9 Å². The molecule has 0 bridgehead atoms. The van der Waals surface area contributed by atoms with Crippen molar-refractivity contribution in [1.29, 1.82) is 0 Å². The molecule has 0 aliphatic heterocycles. The van der Waals surface area contributed by atoms with E-state index in [1.54, 1.807) is 54.1 Å². The van der Waals surface area contributed by atoms with Crippen LogP contribution in [0, 0.1) is 6.92 Å². The summed E-state index contributed by atoms with van der Waals surface area (Å²) in [6, 6.07) is 12.1. The standard InChI is InChI=1S/C20H19Cl2N5O2S/c1-12-9-14(22)5-8-16(12)24-19(29)11-30-20-26-25-17(27(20)2)10-18(28)23-15-6-3-13(21)4-7-15/h3-9H,10-11H2,1-2H3,(H,23,28)(H,24,29). The SMILES string of the molecule is Cc1cc(Cl)ccc1NC(=O)CSc1nnc(CC(=O)Nc2ccc(Cl)cc2)n1C. The molecule has 2 N–H and O–H groups in total. The fourth-order valence-electron chi connectivity index (χ4n) is 2.59. The molecule has 1 heterocycles. The molecule has 0 saturated carbocycles. The smallest absolute Gasteiger partial charge is 0.234 e. The van der Waals surface area contributed by atoms with Gasteiger partial charge in [0.05, 0.1) is 12.2 Å². The summed E-state index contributed by atoms with van der Waals surface area (Å²) >= 11 is 13.0. The molecular formula is C20H19Cl2N5O2S. The molecule has 30 heavy (non-hydrogen) atoms. The van der Waals surface area contributed by atoms with Crippen LogP contribution in [0.2, 0.25) is 10.0 Å². The highest BCUT2D eigenvalue weighted by atomic mass is 35.5. The van der Waals surface area contributed by atoms with E-state index in [4.69, 9.17) is 23.2 Å². The number of aryl methyl sites for hydroxylation is 1. The normalized spacial score (nSPS) is 10.7. The minimum Gasteiger partial charge on any atom is -0.326 e. The second kappa shape index (κ2) is 9.97. The lowest BCUT2D eigenvalue weighted by atomic mass is 10.2. The van der Waals surface area contributed by atoms with Gasteiger partial charge in [0.25, 0.3) is 0 Å². The summed E-state index contributed by atoms with van der Waals surface area (Å²) in [4.78, 5) is 24.5. The van der Waals surface area contributed by atoms with E-state index in [0.29, 0.717) is 32.4 Å². The van der Waals surface area contributed by atoms with Crippen LogP contribution in [-0.4, -0.2) is 32.3 Å². The third kappa shape index (κ3) is 5.98. The number of halogens is 2. The number of aromatic nitrogens is 3. The van der Waals surface area contributed by atoms with Crippen molar-refractivity contribution in [2.24, 2.45) is 7.05 Å². The Morgan fingerprint density at radius 1 is 1.00 bits per heavy atom. The minimum atomic E-state index is -0.222. The van der Waals surface area contributed by atoms with E-state index in [-0.39, 0.29) is 24.0 Å². The molecule has 2 aromatic carbocycles. The van der Waals surface area contributed by atoms with Crippen molar-refractivity contribution >= 4 is 58.2 Å². The molecule has 7 nitrogen and oxygen atoms in total. The van der Waals surface area contributed by atoms with Gasteiger partial charge in [-0.2, -0.15) is 0 Å². The van der Waals surface area contributed by atoms with Gasteiger partial charge in [-0.1, -0.05) is 35.0 Å². The number of anilines is 2. The van der Waals surface area contributed by atoms with Crippen LogP contribution in [0.3, 0.4) is 0 Å². The van der Waals surface area contributed by atoms with Gasteiger partial charge in [0.1, 0.15) is 5.82 Å². The Kier molecular flexibility index (Phi) is 7.36. The molecule has 156 valence electrons. The molecule has 0 saturated heterocycles. The van der Waals surface area contributed by atoms with Crippen molar-refractivity contribution in [1.82, 2.24) is 14.8 Å². The number of nitrogens with zero attached hydrogens (tertiary/aromatic N) is 3. The first-order chi connectivity index (χ1) is 14.3. The van der Waals surface area contributed by atoms with E-state index in [0.717, 1.165) is 5.56 Å². The van der Waals surface area contributed by atoms with E-state index in [9.17, 15) is 9.59 Å². The first-order valence-corrected chi connectivity index (χ1v) is 10.7. The van der Waals surface area contributed by atoms with Crippen molar-refractivity contribution < 1.29 is 9.59 Å². The Morgan fingerprint density at radius 3 is 2.40 bits per heavy atom. The number of nitrogens with one attached hydrogen (secondary N) is 2. The van der Waals surface area contributed by atoms with Crippen LogP contribution in [0.4, 0.5) is 11.4 Å². The molecule has 0 fully saturated rings. The molecule has 0 aliphatic carbocycles. The van der Waals surface area contributed by atoms with Crippen LogP contribution in [0.5, 0.6) is 0 Å². The lowest BCUT2D eigenvalue weighted by molar-refractivity contribution is -0.116. The summed E-state index contributed by atoms with van der Waals surface area (Å²) in [6.45, 7) is 1.87. The van der Waals surface area contributed by atoms with Gasteiger partial charge in [-0.3, -0.25) is 9.59 Å². The fraction of sp³-hybridized carbons (Fsp3) is 0.200. The minimum absolute atomic E-state index is 0.0584. The predicted octanol–water partition coefficient (Wildman–Crippen LogP) is 4.34. The van der Waals surface area contributed by atoms with E-state index in [2.05, 4.69) is 20.8 Å². The lowest BCUT2D eigenvalue weighted by Gasteiger charge is -2.08. The van der Waals surface area contributed by atoms with Crippen molar-refractivity contribution in [2.75, 3.05) is 16.4 Å². The number of amides is 2. The predicted molar refractivity (Wildman–Crippen MR) is 120 cm³/mol. The van der Waals surface area contributed by atoms with E-state index < -0.39 is 0 Å². The highest BCUT2D eigenvalue weighted by Crippen LogP contribution is 2.21. The third-order valence-corrected chi connectivity index (χ3v) is 5.67. The zero-order valence-electron chi connectivity index (χ0n) is 16.3.